The van der Waals surface area contributed by atoms with Gasteiger partial charge in [-0.2, -0.15) is 0 Å². The zero-order valence-electron chi connectivity index (χ0n) is 20.3. The van der Waals surface area contributed by atoms with E-state index in [1.807, 2.05) is 21.1 Å². The van der Waals surface area contributed by atoms with Crippen LogP contribution < -0.4 is 0 Å². The van der Waals surface area contributed by atoms with Crippen molar-refractivity contribution in [3.8, 4) is 0 Å². The molecule has 4 atom stereocenters. The molecule has 2 aromatic rings. The van der Waals surface area contributed by atoms with Gasteiger partial charge in [0, 0.05) is 38.8 Å². The number of nitrogens with zero attached hydrogens (tertiary/aromatic N) is 7. The smallest absolute Gasteiger partial charge is 0.262 e. The van der Waals surface area contributed by atoms with Crippen molar-refractivity contribution in [2.24, 2.45) is 4.99 Å². The van der Waals surface area contributed by atoms with E-state index in [0.29, 0.717) is 29.7 Å². The Labute approximate surface area is 202 Å². The van der Waals surface area contributed by atoms with E-state index in [1.165, 1.54) is 6.33 Å². The Morgan fingerprint density at radius 2 is 1.97 bits per heavy atom. The van der Waals surface area contributed by atoms with Gasteiger partial charge in [-0.15, -0.1) is 0 Å². The molecule has 3 aliphatic heterocycles. The van der Waals surface area contributed by atoms with Gasteiger partial charge in [0.05, 0.1) is 18.3 Å². The zero-order chi connectivity index (χ0) is 25.0. The average molecular weight is 494 g/mol. The molecular formula is C23H33F2N7O3. The van der Waals surface area contributed by atoms with Gasteiger partial charge in [0.1, 0.15) is 30.3 Å². The number of aliphatic hydroxyl groups is 2. The van der Waals surface area contributed by atoms with Crippen molar-refractivity contribution in [3.63, 3.8) is 0 Å². The fourth-order valence-electron chi connectivity index (χ4n) is 5.65. The molecule has 12 heteroatoms. The molecule has 0 saturated carbocycles. The predicted molar refractivity (Wildman–Crippen MR) is 126 cm³/mol. The Morgan fingerprint density at radius 1 is 1.23 bits per heavy atom. The highest BCUT2D eigenvalue weighted by Gasteiger charge is 2.57. The molecule has 5 rings (SSSR count). The monoisotopic (exact) mass is 493 g/mol. The van der Waals surface area contributed by atoms with Gasteiger partial charge in [-0.05, 0) is 39.0 Å². The van der Waals surface area contributed by atoms with Crippen molar-refractivity contribution < 1.29 is 23.7 Å². The first-order valence-corrected chi connectivity index (χ1v) is 11.9. The van der Waals surface area contributed by atoms with E-state index in [-0.39, 0.29) is 19.5 Å². The van der Waals surface area contributed by atoms with Crippen LogP contribution in [-0.2, 0) is 4.74 Å². The third kappa shape index (κ3) is 4.53. The van der Waals surface area contributed by atoms with E-state index in [2.05, 4.69) is 19.9 Å². The number of ether oxygens (including phenoxy) is 1. The summed E-state index contributed by atoms with van der Waals surface area (Å²) in [5.41, 5.74) is -0.114. The quantitative estimate of drug-likeness (QED) is 0.471. The van der Waals surface area contributed by atoms with Gasteiger partial charge in [0.25, 0.3) is 5.92 Å². The standard InChI is InChI=1S/C23H33F2N7O3/c1-29(2)14-28-19-15-4-7-32(20(15)27-13-26-19)21-18(34)17(33)16(35-21)10-31-12-23(24,25)11-22(31)5-8-30(3)9-6-22/h4,7,13-14,16-18,21,33-34H,5-6,8-12H2,1-3H3/t16-,17-,18-,21-/m1/s1. The minimum atomic E-state index is -2.78. The fourth-order valence-corrected chi connectivity index (χ4v) is 5.65. The summed E-state index contributed by atoms with van der Waals surface area (Å²) in [4.78, 5) is 18.6. The number of aliphatic imine (C=N–C) groups is 1. The van der Waals surface area contributed by atoms with Gasteiger partial charge in [-0.1, -0.05) is 0 Å². The van der Waals surface area contributed by atoms with Crippen molar-refractivity contribution >= 4 is 23.2 Å². The van der Waals surface area contributed by atoms with E-state index in [9.17, 15) is 19.0 Å². The van der Waals surface area contributed by atoms with Crippen molar-refractivity contribution in [1.82, 2.24) is 29.2 Å². The second-order valence-electron chi connectivity index (χ2n) is 10.4. The van der Waals surface area contributed by atoms with Gasteiger partial charge in [0.2, 0.25) is 0 Å². The molecule has 2 N–H and O–H groups in total. The summed E-state index contributed by atoms with van der Waals surface area (Å²) in [7, 11) is 5.70. The molecule has 192 valence electrons. The molecule has 2 aromatic heterocycles. The normalized spacial score (nSPS) is 31.3. The highest BCUT2D eigenvalue weighted by Crippen LogP contribution is 2.46. The minimum absolute atomic E-state index is 0.126. The number of aliphatic hydroxyl groups excluding tert-OH is 2. The van der Waals surface area contributed by atoms with Crippen molar-refractivity contribution in [2.75, 3.05) is 47.3 Å². The van der Waals surface area contributed by atoms with Gasteiger partial charge in [-0.25, -0.2) is 23.7 Å². The van der Waals surface area contributed by atoms with Crippen LogP contribution in [-0.4, -0.2) is 123 Å². The van der Waals surface area contributed by atoms with Gasteiger partial charge < -0.3 is 29.3 Å². The lowest BCUT2D eigenvalue weighted by atomic mass is 9.84. The van der Waals surface area contributed by atoms with Crippen LogP contribution in [0.2, 0.25) is 0 Å². The maximum atomic E-state index is 14.6. The van der Waals surface area contributed by atoms with Crippen molar-refractivity contribution in [1.29, 1.82) is 0 Å². The number of hydrogen-bond donors (Lipinski definition) is 2. The van der Waals surface area contributed by atoms with Crippen LogP contribution in [0, 0.1) is 0 Å². The van der Waals surface area contributed by atoms with Gasteiger partial charge >= 0.3 is 0 Å². The summed E-state index contributed by atoms with van der Waals surface area (Å²) < 4.78 is 36.9. The topological polar surface area (TPSA) is 102 Å². The molecule has 5 heterocycles. The molecule has 0 unspecified atom stereocenters. The summed E-state index contributed by atoms with van der Waals surface area (Å²) in [6.07, 6.45) is 1.63. The van der Waals surface area contributed by atoms with E-state index in [1.54, 1.807) is 33.0 Å². The average Bonchev–Trinajstić information content (AvgIpc) is 3.42. The lowest BCUT2D eigenvalue weighted by molar-refractivity contribution is -0.0583. The number of piperidine rings is 1. The molecule has 35 heavy (non-hydrogen) atoms. The zero-order valence-corrected chi connectivity index (χ0v) is 20.3. The van der Waals surface area contributed by atoms with Crippen molar-refractivity contribution in [3.05, 3.63) is 18.6 Å². The Hall–Kier alpha value is -2.25. The van der Waals surface area contributed by atoms with Crippen LogP contribution in [0.1, 0.15) is 25.5 Å². The molecule has 3 aliphatic rings. The molecule has 0 aromatic carbocycles. The third-order valence-electron chi connectivity index (χ3n) is 7.51. The molecule has 3 fully saturated rings. The molecule has 0 radical (unpaired) electrons. The van der Waals surface area contributed by atoms with Crippen LogP contribution in [0.5, 0.6) is 0 Å². The Bertz CT molecular complexity index is 1090. The van der Waals surface area contributed by atoms with Crippen molar-refractivity contribution in [2.45, 2.75) is 55.3 Å². The number of fused-ring (bicyclic) bond motifs is 1. The highest BCUT2D eigenvalue weighted by molar-refractivity contribution is 5.87. The van der Waals surface area contributed by atoms with Crippen LogP contribution in [0.3, 0.4) is 0 Å². The van der Waals surface area contributed by atoms with Gasteiger partial charge in [-0.3, -0.25) is 4.90 Å². The largest absolute Gasteiger partial charge is 0.387 e. The number of halogens is 2. The molecule has 10 nitrogen and oxygen atoms in total. The number of rotatable bonds is 5. The SMILES string of the molecule is CN(C)C=Nc1ncnc2c1ccn2[C@@H]1O[C@H](CN2CC(F)(F)CC23CCN(C)CC3)[C@@H](O)[C@H]1O. The number of hydrogen-bond acceptors (Lipinski definition) is 8. The molecule has 1 spiro atoms. The Kier molecular flexibility index (Phi) is 6.29. The first-order chi connectivity index (χ1) is 16.6. The fraction of sp³-hybridized carbons (Fsp3) is 0.696. The van der Waals surface area contributed by atoms with E-state index in [0.717, 1.165) is 13.1 Å². The van der Waals surface area contributed by atoms with Crippen LogP contribution in [0.4, 0.5) is 14.6 Å². The van der Waals surface area contributed by atoms with Crippen LogP contribution in [0.25, 0.3) is 11.0 Å². The van der Waals surface area contributed by atoms with Crippen LogP contribution >= 0.6 is 0 Å². The number of likely N-dealkylation sites (tertiary alicyclic amines) is 2. The molecule has 0 bridgehead atoms. The first kappa shape index (κ1) is 24.4. The minimum Gasteiger partial charge on any atom is -0.387 e. The molecule has 0 aliphatic carbocycles. The number of aromatic nitrogens is 3. The predicted octanol–water partition coefficient (Wildman–Crippen LogP) is 1.08. The summed E-state index contributed by atoms with van der Waals surface area (Å²) in [5.74, 6) is -2.32. The van der Waals surface area contributed by atoms with E-state index >= 15 is 0 Å². The summed E-state index contributed by atoms with van der Waals surface area (Å²) in [5, 5.41) is 22.4. The Balaban J connectivity index is 1.37. The second kappa shape index (κ2) is 9.00. The lowest BCUT2D eigenvalue weighted by Crippen LogP contribution is -2.54. The maximum absolute atomic E-state index is 14.6. The van der Waals surface area contributed by atoms with Gasteiger partial charge in [0.15, 0.2) is 12.0 Å². The highest BCUT2D eigenvalue weighted by atomic mass is 19.3. The Morgan fingerprint density at radius 3 is 2.69 bits per heavy atom. The molecule has 3 saturated heterocycles. The second-order valence-corrected chi connectivity index (χ2v) is 10.4. The van der Waals surface area contributed by atoms with E-state index in [4.69, 9.17) is 4.74 Å². The third-order valence-corrected chi connectivity index (χ3v) is 7.51. The maximum Gasteiger partial charge on any atom is 0.262 e. The summed E-state index contributed by atoms with van der Waals surface area (Å²) >= 11 is 0. The first-order valence-electron chi connectivity index (χ1n) is 11.9. The van der Waals surface area contributed by atoms with E-state index < -0.39 is 36.0 Å². The summed E-state index contributed by atoms with van der Waals surface area (Å²) in [6.45, 7) is 1.26. The number of alkyl halides is 2. The van der Waals surface area contributed by atoms with Crippen LogP contribution in [0.15, 0.2) is 23.6 Å². The molecular weight excluding hydrogens is 460 g/mol. The lowest BCUT2D eigenvalue weighted by Gasteiger charge is -2.44. The molecule has 0 amide bonds. The summed E-state index contributed by atoms with van der Waals surface area (Å²) in [6, 6.07) is 1.78.